The number of nitro groups is 1. The third-order valence-corrected chi connectivity index (χ3v) is 2.76. The quantitative estimate of drug-likeness (QED) is 0.495. The van der Waals surface area contributed by atoms with Crippen LogP contribution in [0.1, 0.15) is 0 Å². The Morgan fingerprint density at radius 1 is 1.13 bits per heavy atom. The van der Waals surface area contributed by atoms with Crippen molar-refractivity contribution in [2.24, 2.45) is 0 Å². The van der Waals surface area contributed by atoms with Gasteiger partial charge in [-0.3, -0.25) is 14.9 Å². The highest BCUT2D eigenvalue weighted by Crippen LogP contribution is 2.47. The number of hydrogen-bond donors (Lipinski definition) is 1. The molecule has 0 unspecified atom stereocenters. The number of nitrogens with one attached hydrogen (secondary N) is 1. The van der Waals surface area contributed by atoms with Gasteiger partial charge in [-0.2, -0.15) is 30.7 Å². The molecule has 23 heavy (non-hydrogen) atoms. The predicted molar refractivity (Wildman–Crippen MR) is 62.7 cm³/mol. The van der Waals surface area contributed by atoms with Crippen LogP contribution in [0.4, 0.5) is 42.1 Å². The van der Waals surface area contributed by atoms with Crippen LogP contribution in [0.15, 0.2) is 18.2 Å². The van der Waals surface area contributed by atoms with Crippen molar-refractivity contribution in [1.82, 2.24) is 0 Å². The Labute approximate surface area is 127 Å². The SMILES string of the molecule is O=C(Nc1ccc([N+](=O)[O-])cc1Cl)C(F)(F)C(F)(F)C(F)(F)F. The number of non-ortho nitro benzene ring substituents is 1. The second-order valence-electron chi connectivity index (χ2n) is 4.02. The number of amides is 1. The molecule has 0 saturated carbocycles. The number of nitrogens with zero attached hydrogens (tertiary/aromatic N) is 1. The van der Waals surface area contributed by atoms with Crippen molar-refractivity contribution in [1.29, 1.82) is 0 Å². The average molecular weight is 369 g/mol. The van der Waals surface area contributed by atoms with Crippen LogP contribution in [-0.2, 0) is 4.79 Å². The zero-order valence-electron chi connectivity index (χ0n) is 10.4. The number of anilines is 1. The maximum Gasteiger partial charge on any atom is 0.460 e. The molecule has 0 aromatic heterocycles. The molecule has 1 aromatic rings. The molecule has 1 N–H and O–H groups in total. The Kier molecular flexibility index (Phi) is 4.80. The summed E-state index contributed by atoms with van der Waals surface area (Å²) in [5, 5.41) is 10.8. The van der Waals surface area contributed by atoms with Gasteiger partial charge in [-0.05, 0) is 6.07 Å². The van der Waals surface area contributed by atoms with Crippen molar-refractivity contribution >= 4 is 28.9 Å². The minimum atomic E-state index is -6.67. The third kappa shape index (κ3) is 3.46. The van der Waals surface area contributed by atoms with E-state index in [1.165, 1.54) is 0 Å². The van der Waals surface area contributed by atoms with Gasteiger partial charge >= 0.3 is 23.9 Å². The van der Waals surface area contributed by atoms with E-state index in [1.807, 2.05) is 0 Å². The Balaban J connectivity index is 3.10. The lowest BCUT2D eigenvalue weighted by atomic mass is 10.1. The molecule has 0 radical (unpaired) electrons. The highest BCUT2D eigenvalue weighted by atomic mass is 35.5. The first kappa shape index (κ1) is 18.9. The van der Waals surface area contributed by atoms with Crippen molar-refractivity contribution < 1.29 is 40.5 Å². The number of halogens is 8. The number of rotatable bonds is 4. The molecule has 0 spiro atoms. The fraction of sp³-hybridized carbons (Fsp3) is 0.300. The van der Waals surface area contributed by atoms with E-state index in [0.29, 0.717) is 18.2 Å². The van der Waals surface area contributed by atoms with Crippen molar-refractivity contribution in [3.05, 3.63) is 33.3 Å². The molecule has 0 fully saturated rings. The molecule has 0 heterocycles. The molecule has 1 rings (SSSR count). The van der Waals surface area contributed by atoms with Gasteiger partial charge in [-0.25, -0.2) is 0 Å². The van der Waals surface area contributed by atoms with Crippen LogP contribution in [0.2, 0.25) is 5.02 Å². The van der Waals surface area contributed by atoms with Crippen molar-refractivity contribution in [3.8, 4) is 0 Å². The Hall–Kier alpha value is -2.11. The largest absolute Gasteiger partial charge is 0.460 e. The molecule has 0 bridgehead atoms. The smallest absolute Gasteiger partial charge is 0.319 e. The summed E-state index contributed by atoms with van der Waals surface area (Å²) in [6, 6.07) is 1.85. The van der Waals surface area contributed by atoms with Crippen LogP contribution < -0.4 is 5.32 Å². The number of benzene rings is 1. The van der Waals surface area contributed by atoms with E-state index in [-0.39, 0.29) is 0 Å². The molecule has 1 aromatic carbocycles. The molecule has 0 aliphatic rings. The van der Waals surface area contributed by atoms with Crippen LogP contribution >= 0.6 is 11.6 Å². The molecule has 0 atom stereocenters. The molecule has 0 aliphatic carbocycles. The van der Waals surface area contributed by atoms with Crippen LogP contribution in [0, 0.1) is 10.1 Å². The molecule has 128 valence electrons. The summed E-state index contributed by atoms with van der Waals surface area (Å²) in [4.78, 5) is 20.5. The van der Waals surface area contributed by atoms with E-state index in [0.717, 1.165) is 5.32 Å². The molecule has 0 saturated heterocycles. The van der Waals surface area contributed by atoms with Gasteiger partial charge in [-0.1, -0.05) is 11.6 Å². The number of hydrogen-bond acceptors (Lipinski definition) is 3. The number of carbonyl (C=O) groups excluding carboxylic acids is 1. The summed E-state index contributed by atoms with van der Waals surface area (Å²) in [7, 11) is 0. The van der Waals surface area contributed by atoms with Gasteiger partial charge < -0.3 is 5.32 Å². The first-order chi connectivity index (χ1) is 10.2. The fourth-order valence-electron chi connectivity index (χ4n) is 1.24. The lowest BCUT2D eigenvalue weighted by Gasteiger charge is -2.27. The number of carbonyl (C=O) groups is 1. The van der Waals surface area contributed by atoms with Gasteiger partial charge in [0.1, 0.15) is 0 Å². The molecule has 13 heteroatoms. The van der Waals surface area contributed by atoms with Crippen LogP contribution in [-0.4, -0.2) is 28.9 Å². The summed E-state index contributed by atoms with van der Waals surface area (Å²) in [6.45, 7) is 0. The molecule has 1 amide bonds. The van der Waals surface area contributed by atoms with Gasteiger partial charge in [0.15, 0.2) is 0 Å². The maximum atomic E-state index is 13.1. The van der Waals surface area contributed by atoms with E-state index in [4.69, 9.17) is 11.6 Å². The van der Waals surface area contributed by atoms with Crippen LogP contribution in [0.5, 0.6) is 0 Å². The zero-order valence-corrected chi connectivity index (χ0v) is 11.2. The normalized spacial score (nSPS) is 12.9. The average Bonchev–Trinajstić information content (AvgIpc) is 2.39. The molecule has 0 aliphatic heterocycles. The van der Waals surface area contributed by atoms with E-state index in [2.05, 4.69) is 0 Å². The third-order valence-electron chi connectivity index (χ3n) is 2.45. The highest BCUT2D eigenvalue weighted by Gasteiger charge is 2.76. The van der Waals surface area contributed by atoms with Gasteiger partial charge in [0.2, 0.25) is 0 Å². The first-order valence-electron chi connectivity index (χ1n) is 5.29. The first-order valence-corrected chi connectivity index (χ1v) is 5.67. The number of alkyl halides is 7. The van der Waals surface area contributed by atoms with Crippen molar-refractivity contribution in [2.45, 2.75) is 18.0 Å². The van der Waals surface area contributed by atoms with E-state index in [1.54, 1.807) is 0 Å². The Morgan fingerprint density at radius 3 is 2.04 bits per heavy atom. The number of nitro benzene ring substituents is 1. The Bertz CT molecular complexity index is 648. The second kappa shape index (κ2) is 5.83. The van der Waals surface area contributed by atoms with Crippen molar-refractivity contribution in [3.63, 3.8) is 0 Å². The lowest BCUT2D eigenvalue weighted by Crippen LogP contribution is -2.57. The summed E-state index contributed by atoms with van der Waals surface area (Å²) < 4.78 is 87.3. The summed E-state index contributed by atoms with van der Waals surface area (Å²) >= 11 is 5.40. The zero-order chi connectivity index (χ0) is 18.2. The lowest BCUT2D eigenvalue weighted by molar-refractivity contribution is -0.384. The van der Waals surface area contributed by atoms with Crippen molar-refractivity contribution in [2.75, 3.05) is 5.32 Å². The minimum absolute atomic E-state index is 0.581. The van der Waals surface area contributed by atoms with Crippen LogP contribution in [0.3, 0.4) is 0 Å². The van der Waals surface area contributed by atoms with E-state index in [9.17, 15) is 45.6 Å². The fourth-order valence-corrected chi connectivity index (χ4v) is 1.46. The van der Waals surface area contributed by atoms with Crippen LogP contribution in [0.25, 0.3) is 0 Å². The monoisotopic (exact) mass is 368 g/mol. The molecular formula is C10H4ClF7N2O3. The molecular weight excluding hydrogens is 365 g/mol. The second-order valence-corrected chi connectivity index (χ2v) is 4.43. The van der Waals surface area contributed by atoms with Gasteiger partial charge in [-0.15, -0.1) is 0 Å². The topological polar surface area (TPSA) is 72.2 Å². The highest BCUT2D eigenvalue weighted by molar-refractivity contribution is 6.34. The van der Waals surface area contributed by atoms with Gasteiger partial charge in [0.25, 0.3) is 5.69 Å². The summed E-state index contributed by atoms with van der Waals surface area (Å²) in [6.07, 6.45) is -6.67. The minimum Gasteiger partial charge on any atom is -0.319 e. The maximum absolute atomic E-state index is 13.1. The molecule has 5 nitrogen and oxygen atoms in total. The van der Waals surface area contributed by atoms with E-state index >= 15 is 0 Å². The summed E-state index contributed by atoms with van der Waals surface area (Å²) in [5.74, 6) is -15.7. The standard InChI is InChI=1S/C10H4ClF7N2O3/c11-5-3-4(20(22)23)1-2-6(5)19-7(21)8(12,13)9(14,15)10(16,17)18/h1-3H,(H,19,21). The Morgan fingerprint density at radius 2 is 1.65 bits per heavy atom. The summed E-state index contributed by atoms with van der Waals surface area (Å²) in [5.41, 5.74) is -1.43. The van der Waals surface area contributed by atoms with Gasteiger partial charge in [0.05, 0.1) is 15.6 Å². The van der Waals surface area contributed by atoms with Gasteiger partial charge in [0, 0.05) is 12.1 Å². The predicted octanol–water partition coefficient (Wildman–Crippen LogP) is 4.02. The van der Waals surface area contributed by atoms with E-state index < -0.39 is 45.2 Å².